The van der Waals surface area contributed by atoms with Crippen LogP contribution in [0.25, 0.3) is 11.0 Å². The summed E-state index contributed by atoms with van der Waals surface area (Å²) in [7, 11) is 4.74. The summed E-state index contributed by atoms with van der Waals surface area (Å²) in [5, 5.41) is 0.713. The second-order valence-electron chi connectivity index (χ2n) is 6.85. The lowest BCUT2D eigenvalue weighted by atomic mass is 10.0. The minimum atomic E-state index is -0.543. The second kappa shape index (κ2) is 8.86. The van der Waals surface area contributed by atoms with Crippen LogP contribution in [-0.2, 0) is 17.6 Å². The molecule has 29 heavy (non-hydrogen) atoms. The van der Waals surface area contributed by atoms with Gasteiger partial charge in [0.05, 0.1) is 32.5 Å². The molecule has 1 amide bonds. The molecule has 1 aromatic carbocycles. The molecule has 0 saturated carbocycles. The molecule has 0 N–H and O–H groups in total. The topological polar surface area (TPSA) is 82.1 Å². The van der Waals surface area contributed by atoms with Gasteiger partial charge in [0.2, 0.25) is 11.7 Å². The molecule has 0 atom stereocenters. The summed E-state index contributed by atoms with van der Waals surface area (Å²) in [4.78, 5) is 26.9. The molecule has 0 bridgehead atoms. The fourth-order valence-corrected chi connectivity index (χ4v) is 3.33. The molecule has 0 fully saturated rings. The summed E-state index contributed by atoms with van der Waals surface area (Å²) >= 11 is 0. The average Bonchev–Trinajstić information content (AvgIpc) is 3.23. The quantitative estimate of drug-likeness (QED) is 0.540. The van der Waals surface area contributed by atoms with Crippen molar-refractivity contribution < 1.29 is 23.1 Å². The van der Waals surface area contributed by atoms with E-state index in [1.807, 2.05) is 19.1 Å². The zero-order valence-corrected chi connectivity index (χ0v) is 17.1. The van der Waals surface area contributed by atoms with E-state index in [1.165, 1.54) is 14.2 Å². The Bertz CT molecular complexity index is 1050. The largest absolute Gasteiger partial charge is 0.493 e. The predicted molar refractivity (Wildman–Crippen MR) is 109 cm³/mol. The lowest BCUT2D eigenvalue weighted by molar-refractivity contribution is -0.129. The van der Waals surface area contributed by atoms with E-state index in [0.29, 0.717) is 40.1 Å². The van der Waals surface area contributed by atoms with Crippen molar-refractivity contribution in [2.75, 3.05) is 27.8 Å². The van der Waals surface area contributed by atoms with Gasteiger partial charge in [0.1, 0.15) is 5.76 Å². The van der Waals surface area contributed by atoms with E-state index in [9.17, 15) is 9.59 Å². The number of nitrogens with zero attached hydrogens (tertiary/aromatic N) is 1. The highest BCUT2D eigenvalue weighted by Crippen LogP contribution is 2.36. The van der Waals surface area contributed by atoms with Crippen molar-refractivity contribution in [3.8, 4) is 11.5 Å². The molecule has 0 unspecified atom stereocenters. The number of rotatable bonds is 8. The van der Waals surface area contributed by atoms with E-state index in [-0.39, 0.29) is 12.3 Å². The fraction of sp³-hybridized carbons (Fsp3) is 0.364. The molecular formula is C22H25NO6. The third-order valence-corrected chi connectivity index (χ3v) is 5.05. The summed E-state index contributed by atoms with van der Waals surface area (Å²) in [6.45, 7) is 2.38. The average molecular weight is 399 g/mol. The number of methoxy groups -OCH3 is 2. The van der Waals surface area contributed by atoms with Gasteiger partial charge in [0.25, 0.3) is 0 Å². The van der Waals surface area contributed by atoms with E-state index >= 15 is 0 Å². The second-order valence-corrected chi connectivity index (χ2v) is 6.85. The summed E-state index contributed by atoms with van der Waals surface area (Å²) < 4.78 is 21.4. The van der Waals surface area contributed by atoms with Gasteiger partial charge in [-0.25, -0.2) is 4.79 Å². The van der Waals surface area contributed by atoms with Crippen molar-refractivity contribution >= 4 is 16.9 Å². The number of amides is 1. The van der Waals surface area contributed by atoms with Gasteiger partial charge in [-0.05, 0) is 43.2 Å². The minimum absolute atomic E-state index is 0.0182. The molecular weight excluding hydrogens is 374 g/mol. The summed E-state index contributed by atoms with van der Waals surface area (Å²) in [6, 6.07) is 7.31. The fourth-order valence-electron chi connectivity index (χ4n) is 3.33. The van der Waals surface area contributed by atoms with Crippen LogP contribution in [0.1, 0.15) is 23.3 Å². The van der Waals surface area contributed by atoms with Crippen molar-refractivity contribution in [2.24, 2.45) is 0 Å². The maximum absolute atomic E-state index is 12.6. The molecule has 0 aliphatic heterocycles. The highest BCUT2D eigenvalue weighted by molar-refractivity contribution is 5.89. The third-order valence-electron chi connectivity index (χ3n) is 5.05. The molecule has 0 radical (unpaired) electrons. The molecule has 3 rings (SSSR count). The van der Waals surface area contributed by atoms with Gasteiger partial charge in [0, 0.05) is 25.4 Å². The van der Waals surface area contributed by atoms with Crippen LogP contribution >= 0.6 is 0 Å². The Morgan fingerprint density at radius 1 is 1.17 bits per heavy atom. The molecule has 0 aliphatic rings. The number of furan rings is 1. The van der Waals surface area contributed by atoms with E-state index in [4.69, 9.17) is 18.3 Å². The van der Waals surface area contributed by atoms with Gasteiger partial charge in [-0.1, -0.05) is 0 Å². The maximum Gasteiger partial charge on any atom is 0.340 e. The third kappa shape index (κ3) is 4.29. The van der Waals surface area contributed by atoms with Gasteiger partial charge in [-0.3, -0.25) is 4.79 Å². The van der Waals surface area contributed by atoms with E-state index in [2.05, 4.69) is 0 Å². The highest BCUT2D eigenvalue weighted by Gasteiger charge is 2.20. The van der Waals surface area contributed by atoms with Gasteiger partial charge < -0.3 is 23.2 Å². The minimum Gasteiger partial charge on any atom is -0.493 e. The van der Waals surface area contributed by atoms with Crippen LogP contribution < -0.4 is 15.1 Å². The number of hydrogen-bond donors (Lipinski definition) is 0. The van der Waals surface area contributed by atoms with Crippen LogP contribution in [0.4, 0.5) is 0 Å². The standard InChI is InChI=1S/C22H25NO6/c1-14-16-9-10-18(26-3)21(27-4)20(16)29-22(25)17(14)13-19(24)23(2)11-5-7-15-8-6-12-28-15/h6,8-10,12H,5,7,11,13H2,1-4H3. The number of carbonyl (C=O) groups excluding carboxylic acids is 1. The van der Waals surface area contributed by atoms with Crippen LogP contribution in [0.5, 0.6) is 11.5 Å². The van der Waals surface area contributed by atoms with E-state index in [1.54, 1.807) is 30.3 Å². The molecule has 2 heterocycles. The van der Waals surface area contributed by atoms with Crippen LogP contribution in [0, 0.1) is 6.92 Å². The van der Waals surface area contributed by atoms with Crippen LogP contribution in [0.15, 0.2) is 44.2 Å². The zero-order valence-electron chi connectivity index (χ0n) is 17.1. The van der Waals surface area contributed by atoms with Gasteiger partial charge >= 0.3 is 5.63 Å². The van der Waals surface area contributed by atoms with Crippen molar-refractivity contribution in [2.45, 2.75) is 26.2 Å². The number of hydrogen-bond acceptors (Lipinski definition) is 6. The first-order chi connectivity index (χ1) is 14.0. The molecule has 0 saturated heterocycles. The Morgan fingerprint density at radius 2 is 1.97 bits per heavy atom. The molecule has 7 nitrogen and oxygen atoms in total. The normalized spacial score (nSPS) is 10.9. The molecule has 154 valence electrons. The molecule has 2 aromatic heterocycles. The molecule has 3 aromatic rings. The summed E-state index contributed by atoms with van der Waals surface area (Å²) in [6.07, 6.45) is 3.15. The number of benzene rings is 1. The SMILES string of the molecule is COc1ccc2c(C)c(CC(=O)N(C)CCCc3ccco3)c(=O)oc2c1OC. The summed E-state index contributed by atoms with van der Waals surface area (Å²) in [5.74, 6) is 1.58. The van der Waals surface area contributed by atoms with Crippen molar-refractivity contribution in [1.29, 1.82) is 0 Å². The lowest BCUT2D eigenvalue weighted by Gasteiger charge is -2.18. The van der Waals surface area contributed by atoms with Crippen molar-refractivity contribution in [3.63, 3.8) is 0 Å². The van der Waals surface area contributed by atoms with Gasteiger partial charge in [-0.15, -0.1) is 0 Å². The van der Waals surface area contributed by atoms with Crippen LogP contribution in [-0.4, -0.2) is 38.6 Å². The van der Waals surface area contributed by atoms with Gasteiger partial charge in [0.15, 0.2) is 11.3 Å². The van der Waals surface area contributed by atoms with Crippen LogP contribution in [0.3, 0.4) is 0 Å². The molecule has 0 aliphatic carbocycles. The number of ether oxygens (including phenoxy) is 2. The van der Waals surface area contributed by atoms with E-state index in [0.717, 1.165) is 18.6 Å². The number of aryl methyl sites for hydroxylation is 2. The Labute approximate surface area is 168 Å². The van der Waals surface area contributed by atoms with Crippen LogP contribution in [0.2, 0.25) is 0 Å². The number of carbonyl (C=O) groups is 1. The zero-order chi connectivity index (χ0) is 21.0. The number of fused-ring (bicyclic) bond motifs is 1. The first-order valence-electron chi connectivity index (χ1n) is 9.39. The Kier molecular flexibility index (Phi) is 6.26. The van der Waals surface area contributed by atoms with Crippen molar-refractivity contribution in [1.82, 2.24) is 4.90 Å². The lowest BCUT2D eigenvalue weighted by Crippen LogP contribution is -2.31. The smallest absolute Gasteiger partial charge is 0.340 e. The predicted octanol–water partition coefficient (Wildman–Crippen LogP) is 3.35. The molecule has 7 heteroatoms. The monoisotopic (exact) mass is 399 g/mol. The van der Waals surface area contributed by atoms with Gasteiger partial charge in [-0.2, -0.15) is 0 Å². The maximum atomic E-state index is 12.6. The Hall–Kier alpha value is -3.22. The Balaban J connectivity index is 1.78. The van der Waals surface area contributed by atoms with Crippen molar-refractivity contribution in [3.05, 3.63) is 57.8 Å². The van der Waals surface area contributed by atoms with E-state index < -0.39 is 5.63 Å². The molecule has 0 spiro atoms. The first kappa shape index (κ1) is 20.5. The number of likely N-dealkylation sites (N-methyl/N-ethyl adjacent to an activating group) is 1. The summed E-state index contributed by atoms with van der Waals surface area (Å²) in [5.41, 5.74) is 0.832. The highest BCUT2D eigenvalue weighted by atomic mass is 16.5. The first-order valence-corrected chi connectivity index (χ1v) is 9.39. The Morgan fingerprint density at radius 3 is 2.62 bits per heavy atom.